The van der Waals surface area contributed by atoms with E-state index in [4.69, 9.17) is 5.11 Å². The van der Waals surface area contributed by atoms with E-state index in [1.165, 1.54) is 6.42 Å². The summed E-state index contributed by atoms with van der Waals surface area (Å²) in [5, 5.41) is 12.2. The van der Waals surface area contributed by atoms with Gasteiger partial charge in [-0.1, -0.05) is 18.6 Å². The fourth-order valence-corrected chi connectivity index (χ4v) is 2.49. The zero-order valence-electron chi connectivity index (χ0n) is 9.49. The lowest BCUT2D eigenvalue weighted by Crippen LogP contribution is -2.42. The zero-order chi connectivity index (χ0) is 11.6. The minimum Gasteiger partial charge on any atom is -0.478 e. The summed E-state index contributed by atoms with van der Waals surface area (Å²) in [7, 11) is 1.95. The summed E-state index contributed by atoms with van der Waals surface area (Å²) in [4.78, 5) is 10.9. The van der Waals surface area contributed by atoms with Crippen LogP contribution in [0.3, 0.4) is 0 Å². The van der Waals surface area contributed by atoms with Crippen molar-refractivity contribution < 1.29 is 9.90 Å². The lowest BCUT2D eigenvalue weighted by molar-refractivity contribution is 0.0696. The van der Waals surface area contributed by atoms with Crippen LogP contribution < -0.4 is 5.32 Å². The minimum absolute atomic E-state index is 0.167. The molecule has 0 atom stereocenters. The summed E-state index contributed by atoms with van der Waals surface area (Å²) in [5.74, 6) is -0.846. The second-order valence-corrected chi connectivity index (χ2v) is 4.55. The molecule has 1 saturated carbocycles. The van der Waals surface area contributed by atoms with Crippen LogP contribution in [0.2, 0.25) is 0 Å². The first-order valence-electron chi connectivity index (χ1n) is 5.66. The fraction of sp³-hybridized carbons (Fsp3) is 0.462. The average molecular weight is 219 g/mol. The van der Waals surface area contributed by atoms with Crippen molar-refractivity contribution in [2.75, 3.05) is 13.6 Å². The van der Waals surface area contributed by atoms with Crippen molar-refractivity contribution >= 4 is 5.97 Å². The molecular formula is C13H17NO2. The Labute approximate surface area is 95.5 Å². The first-order valence-corrected chi connectivity index (χ1v) is 5.66. The van der Waals surface area contributed by atoms with Gasteiger partial charge in [0, 0.05) is 12.0 Å². The highest BCUT2D eigenvalue weighted by molar-refractivity contribution is 5.87. The van der Waals surface area contributed by atoms with Crippen molar-refractivity contribution in [2.45, 2.75) is 24.7 Å². The van der Waals surface area contributed by atoms with Crippen LogP contribution in [0.4, 0.5) is 0 Å². The Kier molecular flexibility index (Phi) is 2.97. The molecule has 86 valence electrons. The summed E-state index contributed by atoms with van der Waals surface area (Å²) in [6.45, 7) is 0.927. The zero-order valence-corrected chi connectivity index (χ0v) is 9.49. The maximum absolute atomic E-state index is 10.9. The number of aromatic carboxylic acids is 1. The number of nitrogens with one attached hydrogen (secondary N) is 1. The van der Waals surface area contributed by atoms with Crippen molar-refractivity contribution in [3.05, 3.63) is 35.4 Å². The van der Waals surface area contributed by atoms with Gasteiger partial charge >= 0.3 is 5.97 Å². The van der Waals surface area contributed by atoms with Crippen LogP contribution in [0.15, 0.2) is 24.3 Å². The molecule has 0 spiro atoms. The highest BCUT2D eigenvalue weighted by atomic mass is 16.4. The lowest BCUT2D eigenvalue weighted by atomic mass is 9.64. The highest BCUT2D eigenvalue weighted by Gasteiger charge is 2.38. The quantitative estimate of drug-likeness (QED) is 0.814. The van der Waals surface area contributed by atoms with E-state index in [-0.39, 0.29) is 5.41 Å². The first kappa shape index (κ1) is 11.1. The Balaban J connectivity index is 2.31. The molecule has 2 rings (SSSR count). The number of carbonyl (C=O) groups is 1. The van der Waals surface area contributed by atoms with Gasteiger partial charge in [0.25, 0.3) is 0 Å². The molecular weight excluding hydrogens is 202 g/mol. The molecule has 3 nitrogen and oxygen atoms in total. The van der Waals surface area contributed by atoms with Crippen molar-refractivity contribution in [2.24, 2.45) is 0 Å². The summed E-state index contributed by atoms with van der Waals surface area (Å²) in [5.41, 5.74) is 1.72. The molecule has 0 bridgehead atoms. The SMILES string of the molecule is CNCC1(c2cccc(C(=O)O)c2)CCC1. The maximum atomic E-state index is 10.9. The molecule has 3 heteroatoms. The molecule has 1 aliphatic rings. The molecule has 1 aromatic rings. The van der Waals surface area contributed by atoms with E-state index < -0.39 is 5.97 Å². The lowest BCUT2D eigenvalue weighted by Gasteiger charge is -2.42. The molecule has 0 aromatic heterocycles. The summed E-state index contributed by atoms with van der Waals surface area (Å²) < 4.78 is 0. The van der Waals surface area contributed by atoms with Gasteiger partial charge in [-0.05, 0) is 37.6 Å². The maximum Gasteiger partial charge on any atom is 0.335 e. The van der Waals surface area contributed by atoms with Crippen LogP contribution >= 0.6 is 0 Å². The van der Waals surface area contributed by atoms with E-state index in [2.05, 4.69) is 5.32 Å². The van der Waals surface area contributed by atoms with Gasteiger partial charge in [0.1, 0.15) is 0 Å². The summed E-state index contributed by atoms with van der Waals surface area (Å²) >= 11 is 0. The van der Waals surface area contributed by atoms with Gasteiger partial charge in [0.05, 0.1) is 5.56 Å². The predicted molar refractivity (Wildman–Crippen MR) is 62.9 cm³/mol. The molecule has 0 aliphatic heterocycles. The predicted octanol–water partition coefficient (Wildman–Crippen LogP) is 2.03. The molecule has 2 N–H and O–H groups in total. The topological polar surface area (TPSA) is 49.3 Å². The third kappa shape index (κ3) is 1.83. The Bertz CT molecular complexity index is 397. The molecule has 1 aromatic carbocycles. The van der Waals surface area contributed by atoms with Gasteiger partial charge in [-0.15, -0.1) is 0 Å². The van der Waals surface area contributed by atoms with Crippen molar-refractivity contribution in [3.63, 3.8) is 0 Å². The second kappa shape index (κ2) is 4.26. The third-order valence-electron chi connectivity index (χ3n) is 3.55. The van der Waals surface area contributed by atoms with E-state index in [9.17, 15) is 4.79 Å². The van der Waals surface area contributed by atoms with Crippen LogP contribution in [-0.2, 0) is 5.41 Å². The second-order valence-electron chi connectivity index (χ2n) is 4.55. The number of carboxylic acids is 1. The van der Waals surface area contributed by atoms with Crippen LogP contribution in [0.1, 0.15) is 35.2 Å². The van der Waals surface area contributed by atoms with Crippen molar-refractivity contribution in [3.8, 4) is 0 Å². The molecule has 1 fully saturated rings. The Morgan fingerprint density at radius 3 is 2.75 bits per heavy atom. The molecule has 1 aliphatic carbocycles. The van der Waals surface area contributed by atoms with E-state index in [1.54, 1.807) is 6.07 Å². The van der Waals surface area contributed by atoms with Crippen LogP contribution in [0.25, 0.3) is 0 Å². The molecule has 0 heterocycles. The number of rotatable bonds is 4. The molecule has 0 amide bonds. The van der Waals surface area contributed by atoms with E-state index in [1.807, 2.05) is 25.2 Å². The highest BCUT2D eigenvalue weighted by Crippen LogP contribution is 2.43. The normalized spacial score (nSPS) is 17.8. The Hall–Kier alpha value is -1.35. The van der Waals surface area contributed by atoms with Gasteiger partial charge < -0.3 is 10.4 Å². The number of benzene rings is 1. The van der Waals surface area contributed by atoms with Gasteiger partial charge in [0.15, 0.2) is 0 Å². The van der Waals surface area contributed by atoms with Crippen LogP contribution in [0.5, 0.6) is 0 Å². The number of likely N-dealkylation sites (N-methyl/N-ethyl adjacent to an activating group) is 1. The largest absolute Gasteiger partial charge is 0.478 e. The van der Waals surface area contributed by atoms with E-state index in [0.717, 1.165) is 24.9 Å². The summed E-state index contributed by atoms with van der Waals surface area (Å²) in [6.07, 6.45) is 3.53. The van der Waals surface area contributed by atoms with E-state index in [0.29, 0.717) is 5.56 Å². The monoisotopic (exact) mass is 219 g/mol. The van der Waals surface area contributed by atoms with Crippen LogP contribution in [0, 0.1) is 0 Å². The number of hydrogen-bond acceptors (Lipinski definition) is 2. The number of carboxylic acid groups (broad SMARTS) is 1. The van der Waals surface area contributed by atoms with Gasteiger partial charge in [-0.25, -0.2) is 4.79 Å². The third-order valence-corrected chi connectivity index (χ3v) is 3.55. The first-order chi connectivity index (χ1) is 7.68. The van der Waals surface area contributed by atoms with Crippen molar-refractivity contribution in [1.29, 1.82) is 0 Å². The summed E-state index contributed by atoms with van der Waals surface area (Å²) in [6, 6.07) is 7.36. The molecule has 16 heavy (non-hydrogen) atoms. The molecule has 0 unspecified atom stereocenters. The van der Waals surface area contributed by atoms with Gasteiger partial charge in [-0.2, -0.15) is 0 Å². The Morgan fingerprint density at radius 2 is 2.25 bits per heavy atom. The van der Waals surface area contributed by atoms with Crippen molar-refractivity contribution in [1.82, 2.24) is 5.32 Å². The molecule has 0 radical (unpaired) electrons. The van der Waals surface area contributed by atoms with Gasteiger partial charge in [0.2, 0.25) is 0 Å². The van der Waals surface area contributed by atoms with Crippen LogP contribution in [-0.4, -0.2) is 24.7 Å². The number of hydrogen-bond donors (Lipinski definition) is 2. The minimum atomic E-state index is -0.846. The van der Waals surface area contributed by atoms with Gasteiger partial charge in [-0.3, -0.25) is 0 Å². The standard InChI is InChI=1S/C13H17NO2/c1-14-9-13(6-3-7-13)11-5-2-4-10(8-11)12(15)16/h2,4-5,8,14H,3,6-7,9H2,1H3,(H,15,16). The smallest absolute Gasteiger partial charge is 0.335 e. The average Bonchev–Trinajstić information content (AvgIpc) is 2.23. The Morgan fingerprint density at radius 1 is 1.50 bits per heavy atom. The van der Waals surface area contributed by atoms with E-state index >= 15 is 0 Å². The molecule has 0 saturated heterocycles. The fourth-order valence-electron chi connectivity index (χ4n) is 2.49.